The number of aryl methyl sites for hydroxylation is 1. The van der Waals surface area contributed by atoms with Crippen LogP contribution in [0.1, 0.15) is 29.0 Å². The molecule has 0 unspecified atom stereocenters. The fraction of sp³-hybridized carbons (Fsp3) is 0.273. The number of nitrogens with one attached hydrogen (secondary N) is 1. The molecule has 1 aromatic carbocycles. The van der Waals surface area contributed by atoms with Crippen molar-refractivity contribution in [2.75, 3.05) is 18.6 Å². The molecule has 1 aliphatic heterocycles. The zero-order chi connectivity index (χ0) is 19.5. The molecule has 2 atom stereocenters. The maximum atomic E-state index is 5.77. The van der Waals surface area contributed by atoms with E-state index >= 15 is 0 Å². The highest BCUT2D eigenvalue weighted by molar-refractivity contribution is 7.80. The highest BCUT2D eigenvalue weighted by Crippen LogP contribution is 2.41. The SMILES string of the molecule is COCCn1cccc1[C@H]1[C@@H](c2ccccn2)NC(=S)N1c1ccc(C)cc1. The lowest BCUT2D eigenvalue weighted by Gasteiger charge is -2.29. The van der Waals surface area contributed by atoms with Gasteiger partial charge in [-0.05, 0) is 55.5 Å². The van der Waals surface area contributed by atoms with Crippen molar-refractivity contribution in [3.63, 3.8) is 0 Å². The minimum Gasteiger partial charge on any atom is -0.383 e. The van der Waals surface area contributed by atoms with Crippen LogP contribution in [-0.4, -0.2) is 28.4 Å². The second-order valence-electron chi connectivity index (χ2n) is 6.95. The van der Waals surface area contributed by atoms with E-state index in [9.17, 15) is 0 Å². The lowest BCUT2D eigenvalue weighted by Crippen LogP contribution is -2.30. The van der Waals surface area contributed by atoms with Gasteiger partial charge in [0.1, 0.15) is 6.04 Å². The first-order valence-corrected chi connectivity index (χ1v) is 9.81. The first-order chi connectivity index (χ1) is 13.7. The smallest absolute Gasteiger partial charge is 0.174 e. The van der Waals surface area contributed by atoms with E-state index in [4.69, 9.17) is 17.0 Å². The van der Waals surface area contributed by atoms with Gasteiger partial charge in [0.05, 0.1) is 18.3 Å². The van der Waals surface area contributed by atoms with E-state index in [0.29, 0.717) is 11.7 Å². The summed E-state index contributed by atoms with van der Waals surface area (Å²) in [5.74, 6) is 0. The van der Waals surface area contributed by atoms with Crippen molar-refractivity contribution >= 4 is 23.0 Å². The first kappa shape index (κ1) is 18.7. The Hall–Kier alpha value is -2.70. The van der Waals surface area contributed by atoms with Crippen LogP contribution in [0, 0.1) is 6.92 Å². The van der Waals surface area contributed by atoms with E-state index in [1.54, 1.807) is 7.11 Å². The highest BCUT2D eigenvalue weighted by atomic mass is 32.1. The molecule has 4 rings (SSSR count). The number of hydrogen-bond donors (Lipinski definition) is 1. The van der Waals surface area contributed by atoms with Crippen LogP contribution in [0.5, 0.6) is 0 Å². The molecule has 0 bridgehead atoms. The van der Waals surface area contributed by atoms with Gasteiger partial charge in [-0.3, -0.25) is 4.98 Å². The molecular formula is C22H24N4OS. The van der Waals surface area contributed by atoms with Crippen LogP contribution in [0.25, 0.3) is 0 Å². The molecule has 5 nitrogen and oxygen atoms in total. The Bertz CT molecular complexity index is 939. The van der Waals surface area contributed by atoms with Crippen LogP contribution in [0.15, 0.2) is 67.0 Å². The summed E-state index contributed by atoms with van der Waals surface area (Å²) in [5.41, 5.74) is 4.46. The molecule has 2 aromatic heterocycles. The quantitative estimate of drug-likeness (QED) is 0.642. The second-order valence-corrected chi connectivity index (χ2v) is 7.34. The average Bonchev–Trinajstić information content (AvgIpc) is 3.31. The standard InChI is InChI=1S/C22H24N4OS/c1-16-8-10-17(11-9-16)26-21(19-7-5-13-25(19)14-15-27-2)20(24-22(26)28)18-6-3-4-12-23-18/h3-13,20-21H,14-15H2,1-2H3,(H,24,28)/t20-,21+/m1/s1. The Labute approximate surface area is 171 Å². The Kier molecular flexibility index (Phi) is 5.41. The Morgan fingerprint density at radius 1 is 1.11 bits per heavy atom. The summed E-state index contributed by atoms with van der Waals surface area (Å²) >= 11 is 5.77. The number of methoxy groups -OCH3 is 1. The minimum absolute atomic E-state index is 0.00281. The van der Waals surface area contributed by atoms with E-state index in [2.05, 4.69) is 69.3 Å². The zero-order valence-electron chi connectivity index (χ0n) is 16.1. The van der Waals surface area contributed by atoms with Gasteiger partial charge in [0.15, 0.2) is 5.11 Å². The number of hydrogen-bond acceptors (Lipinski definition) is 3. The second kappa shape index (κ2) is 8.12. The molecule has 0 aliphatic carbocycles. The summed E-state index contributed by atoms with van der Waals surface area (Å²) in [6.07, 6.45) is 3.92. The van der Waals surface area contributed by atoms with E-state index in [0.717, 1.165) is 17.9 Å². The van der Waals surface area contributed by atoms with Gasteiger partial charge >= 0.3 is 0 Å². The van der Waals surface area contributed by atoms with Gasteiger partial charge in [0.25, 0.3) is 0 Å². The van der Waals surface area contributed by atoms with Gasteiger partial charge in [0, 0.05) is 37.4 Å². The molecule has 1 aliphatic rings. The van der Waals surface area contributed by atoms with Crippen molar-refractivity contribution in [2.24, 2.45) is 0 Å². The summed E-state index contributed by atoms with van der Waals surface area (Å²) in [7, 11) is 1.73. The first-order valence-electron chi connectivity index (χ1n) is 9.40. The van der Waals surface area contributed by atoms with Crippen molar-refractivity contribution in [1.82, 2.24) is 14.9 Å². The van der Waals surface area contributed by atoms with Crippen molar-refractivity contribution < 1.29 is 4.74 Å². The Morgan fingerprint density at radius 2 is 1.93 bits per heavy atom. The highest BCUT2D eigenvalue weighted by Gasteiger charge is 2.41. The lowest BCUT2D eigenvalue weighted by atomic mass is 10.0. The number of anilines is 1. The maximum absolute atomic E-state index is 5.77. The number of thiocarbonyl (C=S) groups is 1. The largest absolute Gasteiger partial charge is 0.383 e. The Balaban J connectivity index is 1.80. The summed E-state index contributed by atoms with van der Waals surface area (Å²) in [6.45, 7) is 3.54. The van der Waals surface area contributed by atoms with E-state index in [1.165, 1.54) is 11.3 Å². The normalized spacial score (nSPS) is 19.1. The molecule has 6 heteroatoms. The van der Waals surface area contributed by atoms with E-state index in [1.807, 2.05) is 24.4 Å². The monoisotopic (exact) mass is 392 g/mol. The van der Waals surface area contributed by atoms with Crippen molar-refractivity contribution in [3.8, 4) is 0 Å². The predicted octanol–water partition coefficient (Wildman–Crippen LogP) is 4.02. The van der Waals surface area contributed by atoms with Crippen LogP contribution < -0.4 is 10.2 Å². The van der Waals surface area contributed by atoms with Crippen LogP contribution in [0.3, 0.4) is 0 Å². The topological polar surface area (TPSA) is 42.3 Å². The van der Waals surface area contributed by atoms with Crippen LogP contribution in [-0.2, 0) is 11.3 Å². The average molecular weight is 393 g/mol. The predicted molar refractivity (Wildman–Crippen MR) is 115 cm³/mol. The number of ether oxygens (including phenoxy) is 1. The van der Waals surface area contributed by atoms with Gasteiger partial charge < -0.3 is 19.5 Å². The molecule has 1 fully saturated rings. The van der Waals surface area contributed by atoms with E-state index < -0.39 is 0 Å². The van der Waals surface area contributed by atoms with Crippen molar-refractivity contribution in [1.29, 1.82) is 0 Å². The van der Waals surface area contributed by atoms with Crippen molar-refractivity contribution in [3.05, 3.63) is 83.9 Å². The summed E-state index contributed by atoms with van der Waals surface area (Å²) in [4.78, 5) is 6.81. The van der Waals surface area contributed by atoms with Gasteiger partial charge in [-0.1, -0.05) is 23.8 Å². The lowest BCUT2D eigenvalue weighted by molar-refractivity contribution is 0.186. The van der Waals surface area contributed by atoms with E-state index in [-0.39, 0.29) is 12.1 Å². The summed E-state index contributed by atoms with van der Waals surface area (Å²) in [5, 5.41) is 4.22. The fourth-order valence-electron chi connectivity index (χ4n) is 3.73. The van der Waals surface area contributed by atoms with Gasteiger partial charge in [0.2, 0.25) is 0 Å². The molecule has 0 saturated carbocycles. The molecule has 3 heterocycles. The third-order valence-corrected chi connectivity index (χ3v) is 5.43. The molecule has 0 amide bonds. The molecule has 1 saturated heterocycles. The molecule has 28 heavy (non-hydrogen) atoms. The minimum atomic E-state index is -0.0359. The van der Waals surface area contributed by atoms with Crippen LogP contribution >= 0.6 is 12.2 Å². The molecule has 3 aromatic rings. The van der Waals surface area contributed by atoms with Gasteiger partial charge in [-0.2, -0.15) is 0 Å². The fourth-order valence-corrected chi connectivity index (χ4v) is 4.07. The third-order valence-electron chi connectivity index (χ3n) is 5.11. The van der Waals surface area contributed by atoms with Crippen LogP contribution in [0.2, 0.25) is 0 Å². The van der Waals surface area contributed by atoms with Crippen molar-refractivity contribution in [2.45, 2.75) is 25.6 Å². The number of nitrogens with zero attached hydrogens (tertiary/aromatic N) is 3. The molecule has 0 radical (unpaired) electrons. The molecular weight excluding hydrogens is 368 g/mol. The zero-order valence-corrected chi connectivity index (χ0v) is 16.9. The number of rotatable bonds is 6. The number of benzene rings is 1. The van der Waals surface area contributed by atoms with Gasteiger partial charge in [-0.25, -0.2) is 0 Å². The summed E-state index contributed by atoms with van der Waals surface area (Å²) in [6, 6.07) is 18.7. The number of pyridine rings is 1. The maximum Gasteiger partial charge on any atom is 0.174 e. The number of aromatic nitrogens is 2. The molecule has 1 N–H and O–H groups in total. The van der Waals surface area contributed by atoms with Gasteiger partial charge in [-0.15, -0.1) is 0 Å². The molecule has 144 valence electrons. The molecule has 0 spiro atoms. The van der Waals surface area contributed by atoms with Crippen LogP contribution in [0.4, 0.5) is 5.69 Å². The summed E-state index contributed by atoms with van der Waals surface area (Å²) < 4.78 is 7.54. The Morgan fingerprint density at radius 3 is 2.64 bits per heavy atom. The third kappa shape index (κ3) is 3.53.